The number of aromatic nitrogens is 1. The molecule has 2 heterocycles. The van der Waals surface area contributed by atoms with Crippen molar-refractivity contribution in [3.63, 3.8) is 0 Å². The van der Waals surface area contributed by atoms with Crippen molar-refractivity contribution in [1.29, 1.82) is 0 Å². The fourth-order valence-electron chi connectivity index (χ4n) is 1.88. The van der Waals surface area contributed by atoms with E-state index in [1.54, 1.807) is 12.4 Å². The molecule has 2 rings (SSSR count). The Labute approximate surface area is 125 Å². The highest BCUT2D eigenvalue weighted by molar-refractivity contribution is 5.94. The topological polar surface area (TPSA) is 77.2 Å². The monoisotopic (exact) mass is 307 g/mol. The van der Waals surface area contributed by atoms with Gasteiger partial charge in [-0.25, -0.2) is 0 Å². The van der Waals surface area contributed by atoms with Gasteiger partial charge in [0.25, 0.3) is 5.91 Å². The average Bonchev–Trinajstić information content (AvgIpc) is 2.81. The van der Waals surface area contributed by atoms with Crippen molar-refractivity contribution in [1.82, 2.24) is 4.98 Å². The van der Waals surface area contributed by atoms with Crippen LogP contribution in [0.25, 0.3) is 0 Å². The van der Waals surface area contributed by atoms with Gasteiger partial charge in [0.1, 0.15) is 6.10 Å². The third-order valence-electron chi connectivity index (χ3n) is 2.96. The average molecular weight is 308 g/mol. The zero-order valence-corrected chi connectivity index (χ0v) is 12.3. The van der Waals surface area contributed by atoms with E-state index in [1.807, 2.05) is 13.0 Å². The van der Waals surface area contributed by atoms with Crippen LogP contribution in [0.15, 0.2) is 18.5 Å². The number of carbonyl (C=O) groups is 1. The van der Waals surface area contributed by atoms with Crippen molar-refractivity contribution >= 4 is 36.4 Å². The van der Waals surface area contributed by atoms with Crippen LogP contribution < -0.4 is 11.1 Å². The van der Waals surface area contributed by atoms with Gasteiger partial charge >= 0.3 is 0 Å². The van der Waals surface area contributed by atoms with Crippen molar-refractivity contribution in [3.8, 4) is 0 Å². The standard InChI is InChI=1S/C12H17N3O2.2ClH/c1-8-4-5-14-7-10(8)15-12(16)11-3-2-9(6-13)17-11;;/h4-5,7,9,11H,2-3,6,13H2,1H3,(H,15,16);2*1H/t9-,11+;;/m1../s1. The highest BCUT2D eigenvalue weighted by Gasteiger charge is 2.29. The highest BCUT2D eigenvalue weighted by Crippen LogP contribution is 2.21. The van der Waals surface area contributed by atoms with Gasteiger partial charge in [0, 0.05) is 12.7 Å². The highest BCUT2D eigenvalue weighted by atomic mass is 35.5. The molecule has 0 aliphatic carbocycles. The second kappa shape index (κ2) is 8.32. The first-order chi connectivity index (χ1) is 8.20. The third-order valence-corrected chi connectivity index (χ3v) is 2.96. The number of nitrogens with two attached hydrogens (primary N) is 1. The molecule has 2 atom stereocenters. The first kappa shape index (κ1) is 18.1. The first-order valence-corrected chi connectivity index (χ1v) is 5.77. The van der Waals surface area contributed by atoms with E-state index < -0.39 is 0 Å². The summed E-state index contributed by atoms with van der Waals surface area (Å²) in [6.07, 6.45) is 4.54. The Morgan fingerprint density at radius 3 is 2.84 bits per heavy atom. The quantitative estimate of drug-likeness (QED) is 0.890. The molecular weight excluding hydrogens is 289 g/mol. The SMILES string of the molecule is Cc1ccncc1NC(=O)[C@@H]1CC[C@H](CN)O1.Cl.Cl. The summed E-state index contributed by atoms with van der Waals surface area (Å²) >= 11 is 0. The van der Waals surface area contributed by atoms with Crippen molar-refractivity contribution in [3.05, 3.63) is 24.0 Å². The lowest BCUT2D eigenvalue weighted by Crippen LogP contribution is -2.30. The van der Waals surface area contributed by atoms with E-state index in [2.05, 4.69) is 10.3 Å². The number of anilines is 1. The predicted molar refractivity (Wildman–Crippen MR) is 79.0 cm³/mol. The third kappa shape index (κ3) is 4.62. The summed E-state index contributed by atoms with van der Waals surface area (Å²) in [5, 5.41) is 2.83. The minimum atomic E-state index is -0.386. The molecule has 0 radical (unpaired) electrons. The molecule has 0 unspecified atom stereocenters. The Bertz CT molecular complexity index is 418. The Kier molecular flexibility index (Phi) is 7.94. The smallest absolute Gasteiger partial charge is 0.253 e. The molecule has 1 aromatic heterocycles. The molecule has 3 N–H and O–H groups in total. The maximum atomic E-state index is 11.9. The van der Waals surface area contributed by atoms with Gasteiger partial charge in [0.05, 0.1) is 18.0 Å². The zero-order chi connectivity index (χ0) is 12.3. The molecule has 0 saturated carbocycles. The molecule has 0 aromatic carbocycles. The zero-order valence-electron chi connectivity index (χ0n) is 10.7. The van der Waals surface area contributed by atoms with Crippen LogP contribution in [-0.2, 0) is 9.53 Å². The van der Waals surface area contributed by atoms with Crippen LogP contribution in [-0.4, -0.2) is 29.6 Å². The molecule has 0 spiro atoms. The lowest BCUT2D eigenvalue weighted by molar-refractivity contribution is -0.126. The van der Waals surface area contributed by atoms with Gasteiger partial charge < -0.3 is 15.8 Å². The second-order valence-corrected chi connectivity index (χ2v) is 4.24. The van der Waals surface area contributed by atoms with Gasteiger partial charge in [0.2, 0.25) is 0 Å². The fourth-order valence-corrected chi connectivity index (χ4v) is 1.88. The molecular formula is C12H19Cl2N3O2. The molecule has 1 fully saturated rings. The summed E-state index contributed by atoms with van der Waals surface area (Å²) in [5.74, 6) is -0.114. The molecule has 0 bridgehead atoms. The lowest BCUT2D eigenvalue weighted by atomic mass is 10.2. The van der Waals surface area contributed by atoms with Crippen LogP contribution in [0.4, 0.5) is 5.69 Å². The van der Waals surface area contributed by atoms with Crippen LogP contribution in [0, 0.1) is 6.92 Å². The number of pyridine rings is 1. The first-order valence-electron chi connectivity index (χ1n) is 5.77. The van der Waals surface area contributed by atoms with Crippen molar-refractivity contribution in [2.24, 2.45) is 5.73 Å². The molecule has 7 heteroatoms. The van der Waals surface area contributed by atoms with E-state index in [9.17, 15) is 4.79 Å². The van der Waals surface area contributed by atoms with Gasteiger partial charge in [-0.15, -0.1) is 24.8 Å². The fraction of sp³-hybridized carbons (Fsp3) is 0.500. The number of hydrogen-bond donors (Lipinski definition) is 2. The van der Waals surface area contributed by atoms with Crippen LogP contribution >= 0.6 is 24.8 Å². The summed E-state index contributed by atoms with van der Waals surface area (Å²) in [4.78, 5) is 15.9. The number of amides is 1. The van der Waals surface area contributed by atoms with Crippen molar-refractivity contribution in [2.75, 3.05) is 11.9 Å². The van der Waals surface area contributed by atoms with E-state index in [0.717, 1.165) is 24.1 Å². The van der Waals surface area contributed by atoms with Crippen LogP contribution in [0.2, 0.25) is 0 Å². The number of nitrogens with one attached hydrogen (secondary N) is 1. The van der Waals surface area contributed by atoms with E-state index in [4.69, 9.17) is 10.5 Å². The van der Waals surface area contributed by atoms with E-state index >= 15 is 0 Å². The summed E-state index contributed by atoms with van der Waals surface area (Å²) in [5.41, 5.74) is 7.23. The molecule has 5 nitrogen and oxygen atoms in total. The number of rotatable bonds is 3. The van der Waals surface area contributed by atoms with Crippen LogP contribution in [0.1, 0.15) is 18.4 Å². The number of halogens is 2. The van der Waals surface area contributed by atoms with Gasteiger partial charge in [0.15, 0.2) is 0 Å². The summed E-state index contributed by atoms with van der Waals surface area (Å²) in [6.45, 7) is 2.39. The van der Waals surface area contributed by atoms with Crippen LogP contribution in [0.3, 0.4) is 0 Å². The molecule has 1 amide bonds. The van der Waals surface area contributed by atoms with Gasteiger partial charge in [-0.2, -0.15) is 0 Å². The van der Waals surface area contributed by atoms with Gasteiger partial charge in [-0.1, -0.05) is 0 Å². The Hall–Kier alpha value is -0.880. The Morgan fingerprint density at radius 1 is 1.53 bits per heavy atom. The summed E-state index contributed by atoms with van der Waals surface area (Å²) in [7, 11) is 0. The number of nitrogens with zero attached hydrogens (tertiary/aromatic N) is 1. The maximum absolute atomic E-state index is 11.9. The molecule has 1 saturated heterocycles. The number of aryl methyl sites for hydroxylation is 1. The summed E-state index contributed by atoms with van der Waals surface area (Å²) in [6, 6.07) is 1.85. The molecule has 1 aliphatic heterocycles. The van der Waals surface area contributed by atoms with Gasteiger partial charge in [-0.05, 0) is 31.4 Å². The summed E-state index contributed by atoms with van der Waals surface area (Å²) < 4.78 is 5.53. The normalized spacial score (nSPS) is 21.2. The molecule has 1 aliphatic rings. The van der Waals surface area contributed by atoms with Crippen LogP contribution in [0.5, 0.6) is 0 Å². The van der Waals surface area contributed by atoms with Gasteiger partial charge in [-0.3, -0.25) is 9.78 Å². The molecule has 108 valence electrons. The largest absolute Gasteiger partial charge is 0.364 e. The molecule has 1 aromatic rings. The minimum Gasteiger partial charge on any atom is -0.364 e. The second-order valence-electron chi connectivity index (χ2n) is 4.24. The van der Waals surface area contributed by atoms with Crippen molar-refractivity contribution < 1.29 is 9.53 Å². The minimum absolute atomic E-state index is 0. The van der Waals surface area contributed by atoms with E-state index in [1.165, 1.54) is 0 Å². The van der Waals surface area contributed by atoms with E-state index in [-0.39, 0.29) is 42.9 Å². The predicted octanol–water partition coefficient (Wildman–Crippen LogP) is 1.68. The Morgan fingerprint density at radius 2 is 2.26 bits per heavy atom. The number of hydrogen-bond acceptors (Lipinski definition) is 4. The lowest BCUT2D eigenvalue weighted by Gasteiger charge is -2.13. The van der Waals surface area contributed by atoms with Crippen molar-refractivity contribution in [2.45, 2.75) is 32.0 Å². The maximum Gasteiger partial charge on any atom is 0.253 e. The van der Waals surface area contributed by atoms with E-state index in [0.29, 0.717) is 6.54 Å². The number of ether oxygens (including phenoxy) is 1. The Balaban J connectivity index is 0.00000162. The molecule has 19 heavy (non-hydrogen) atoms. The number of carbonyl (C=O) groups excluding carboxylic acids is 1.